The van der Waals surface area contributed by atoms with Crippen molar-refractivity contribution in [2.24, 2.45) is 0 Å². The van der Waals surface area contributed by atoms with Crippen molar-refractivity contribution in [2.45, 2.75) is 6.61 Å². The Hall–Kier alpha value is -1.57. The summed E-state index contributed by atoms with van der Waals surface area (Å²) in [5, 5.41) is 18.1. The Bertz CT molecular complexity index is 490. The van der Waals surface area contributed by atoms with Crippen LogP contribution in [0.2, 0.25) is 0 Å². The van der Waals surface area contributed by atoms with Crippen LogP contribution in [0.5, 0.6) is 0 Å². The van der Waals surface area contributed by atoms with Crippen molar-refractivity contribution < 1.29 is 10.1 Å². The van der Waals surface area contributed by atoms with Crippen molar-refractivity contribution in [3.05, 3.63) is 34.6 Å². The van der Waals surface area contributed by atoms with Gasteiger partial charge in [0.25, 0.3) is 0 Å². The van der Waals surface area contributed by atoms with Crippen LogP contribution < -0.4 is 0 Å². The van der Waals surface area contributed by atoms with Crippen molar-refractivity contribution in [3.8, 4) is 5.69 Å². The molecule has 2 aromatic rings. The maximum Gasteiger partial charge on any atom is 0.242 e. The summed E-state index contributed by atoms with van der Waals surface area (Å²) in [6.45, 7) is 0.160. The Kier molecular flexibility index (Phi) is 2.86. The number of aromatic amines is 1. The van der Waals surface area contributed by atoms with Crippen molar-refractivity contribution in [2.75, 3.05) is 0 Å². The zero-order valence-corrected chi connectivity index (χ0v) is 8.44. The zero-order chi connectivity index (χ0) is 10.7. The zero-order valence-electron chi connectivity index (χ0n) is 7.62. The van der Waals surface area contributed by atoms with E-state index in [1.807, 2.05) is 24.3 Å². The molecule has 0 fully saturated rings. The number of nitrogens with one attached hydrogen (secondary N) is 1. The summed E-state index contributed by atoms with van der Waals surface area (Å²) in [7, 11) is 0. The molecule has 0 radical (unpaired) electrons. The van der Waals surface area contributed by atoms with Gasteiger partial charge < -0.3 is 0 Å². The molecule has 1 aromatic heterocycles. The Morgan fingerprint density at radius 1 is 1.40 bits per heavy atom. The molecule has 0 saturated heterocycles. The number of hydrogen-bond donors (Lipinski definition) is 2. The number of H-pyrrole nitrogens is 1. The van der Waals surface area contributed by atoms with E-state index in [1.54, 1.807) is 4.68 Å². The molecule has 2 rings (SSSR count). The van der Waals surface area contributed by atoms with Gasteiger partial charge in [0.1, 0.15) is 6.61 Å². The monoisotopic (exact) mass is 224 g/mol. The molecule has 15 heavy (non-hydrogen) atoms. The van der Waals surface area contributed by atoms with Gasteiger partial charge in [0, 0.05) is 0 Å². The predicted octanol–water partition coefficient (Wildman–Crippen LogP) is 1.31. The molecule has 0 spiro atoms. The maximum atomic E-state index is 8.27. The minimum atomic E-state index is 0.160. The SMILES string of the molecule is OOCc1ccc(-n2[nH]nnc2=S)cc1. The summed E-state index contributed by atoms with van der Waals surface area (Å²) < 4.78 is 1.93. The first kappa shape index (κ1) is 9.97. The lowest BCUT2D eigenvalue weighted by atomic mass is 10.2. The van der Waals surface area contributed by atoms with Gasteiger partial charge in [-0.15, -0.1) is 0 Å². The molecule has 0 atom stereocenters. The summed E-state index contributed by atoms with van der Waals surface area (Å²) >= 11 is 4.94. The van der Waals surface area contributed by atoms with Gasteiger partial charge in [-0.25, -0.2) is 9.57 Å². The Morgan fingerprint density at radius 3 is 2.67 bits per heavy atom. The van der Waals surface area contributed by atoms with Gasteiger partial charge in [-0.1, -0.05) is 22.4 Å². The number of hydrogen-bond acceptors (Lipinski definition) is 5. The second-order valence-electron chi connectivity index (χ2n) is 2.86. The van der Waals surface area contributed by atoms with Crippen LogP contribution in [0.15, 0.2) is 24.3 Å². The molecule has 0 aliphatic carbocycles. The van der Waals surface area contributed by atoms with E-state index in [1.165, 1.54) is 0 Å². The van der Waals surface area contributed by atoms with Crippen molar-refractivity contribution in [1.82, 2.24) is 20.2 Å². The highest BCUT2D eigenvalue weighted by molar-refractivity contribution is 7.71. The molecule has 0 aliphatic heterocycles. The van der Waals surface area contributed by atoms with E-state index in [9.17, 15) is 0 Å². The van der Waals surface area contributed by atoms with Gasteiger partial charge in [0.2, 0.25) is 4.77 Å². The van der Waals surface area contributed by atoms with E-state index >= 15 is 0 Å². The first-order valence-electron chi connectivity index (χ1n) is 4.17. The molecule has 0 saturated carbocycles. The van der Waals surface area contributed by atoms with E-state index in [4.69, 9.17) is 17.5 Å². The second-order valence-corrected chi connectivity index (χ2v) is 3.22. The number of tetrazole rings is 1. The highest BCUT2D eigenvalue weighted by Gasteiger charge is 1.99. The number of benzene rings is 1. The molecule has 0 aliphatic rings. The molecule has 2 N–H and O–H groups in total. The average molecular weight is 224 g/mol. The first-order chi connectivity index (χ1) is 7.31. The van der Waals surface area contributed by atoms with Crippen LogP contribution in [0.4, 0.5) is 0 Å². The van der Waals surface area contributed by atoms with Crippen molar-refractivity contribution in [3.63, 3.8) is 0 Å². The topological polar surface area (TPSA) is 76.0 Å². The van der Waals surface area contributed by atoms with Crippen molar-refractivity contribution in [1.29, 1.82) is 0 Å². The van der Waals surface area contributed by atoms with Crippen LogP contribution in [0.25, 0.3) is 5.69 Å². The van der Waals surface area contributed by atoms with Gasteiger partial charge in [-0.2, -0.15) is 5.21 Å². The quantitative estimate of drug-likeness (QED) is 0.467. The molecular formula is C8H8N4O2S. The molecule has 6 nitrogen and oxygen atoms in total. The lowest BCUT2D eigenvalue weighted by Crippen LogP contribution is -1.97. The van der Waals surface area contributed by atoms with E-state index in [2.05, 4.69) is 20.4 Å². The van der Waals surface area contributed by atoms with Gasteiger partial charge in [0.15, 0.2) is 0 Å². The summed E-state index contributed by atoms with van der Waals surface area (Å²) in [6, 6.07) is 7.27. The second kappa shape index (κ2) is 4.30. The molecule has 7 heteroatoms. The fraction of sp³-hybridized carbons (Fsp3) is 0.125. The highest BCUT2D eigenvalue weighted by atomic mass is 32.1. The molecule has 1 heterocycles. The molecule has 0 amide bonds. The molecular weight excluding hydrogens is 216 g/mol. The summed E-state index contributed by atoms with van der Waals surface area (Å²) in [5.41, 5.74) is 1.69. The third-order valence-electron chi connectivity index (χ3n) is 1.90. The van der Waals surface area contributed by atoms with Crippen LogP contribution in [0, 0.1) is 4.77 Å². The van der Waals surface area contributed by atoms with E-state index in [-0.39, 0.29) is 6.61 Å². The summed E-state index contributed by atoms with van der Waals surface area (Å²) in [4.78, 5) is 4.02. The Morgan fingerprint density at radius 2 is 2.13 bits per heavy atom. The normalized spacial score (nSPS) is 10.5. The molecule has 1 aromatic carbocycles. The summed E-state index contributed by atoms with van der Waals surface area (Å²) in [5.74, 6) is 0. The largest absolute Gasteiger partial charge is 0.251 e. The van der Waals surface area contributed by atoms with Crippen LogP contribution in [0.3, 0.4) is 0 Å². The van der Waals surface area contributed by atoms with Crippen LogP contribution in [0.1, 0.15) is 5.56 Å². The Balaban J connectivity index is 2.32. The smallest absolute Gasteiger partial charge is 0.242 e. The third-order valence-corrected chi connectivity index (χ3v) is 2.16. The number of nitrogens with zero attached hydrogens (tertiary/aromatic N) is 3. The van der Waals surface area contributed by atoms with Gasteiger partial charge in [0.05, 0.1) is 5.69 Å². The fourth-order valence-electron chi connectivity index (χ4n) is 1.18. The standard InChI is InChI=1S/C8H8N4O2S/c13-14-5-6-1-3-7(4-2-6)12-8(15)9-10-11-12/h1-4,13H,5H2,(H,9,11,15). The Labute approximate surface area is 90.0 Å². The lowest BCUT2D eigenvalue weighted by molar-refractivity contribution is -0.253. The first-order valence-corrected chi connectivity index (χ1v) is 4.58. The van der Waals surface area contributed by atoms with Gasteiger partial charge >= 0.3 is 0 Å². The lowest BCUT2D eigenvalue weighted by Gasteiger charge is -2.02. The molecule has 78 valence electrons. The highest BCUT2D eigenvalue weighted by Crippen LogP contribution is 2.08. The molecule has 0 bridgehead atoms. The maximum absolute atomic E-state index is 8.27. The van der Waals surface area contributed by atoms with Crippen molar-refractivity contribution >= 4 is 12.2 Å². The molecule has 0 unspecified atom stereocenters. The van der Waals surface area contributed by atoms with Crippen LogP contribution in [-0.4, -0.2) is 25.5 Å². The number of aromatic nitrogens is 4. The average Bonchev–Trinajstić information content (AvgIpc) is 2.66. The van der Waals surface area contributed by atoms with Gasteiger partial charge in [-0.3, -0.25) is 5.26 Å². The number of rotatable bonds is 3. The van der Waals surface area contributed by atoms with Crippen LogP contribution >= 0.6 is 12.2 Å². The van der Waals surface area contributed by atoms with E-state index in [0.717, 1.165) is 11.3 Å². The van der Waals surface area contributed by atoms with E-state index < -0.39 is 0 Å². The third kappa shape index (κ3) is 2.09. The summed E-state index contributed by atoms with van der Waals surface area (Å²) in [6.07, 6.45) is 0. The predicted molar refractivity (Wildman–Crippen MR) is 54.0 cm³/mol. The minimum Gasteiger partial charge on any atom is -0.251 e. The minimum absolute atomic E-state index is 0.160. The van der Waals surface area contributed by atoms with Gasteiger partial charge in [-0.05, 0) is 29.9 Å². The van der Waals surface area contributed by atoms with E-state index in [0.29, 0.717) is 4.77 Å². The fourth-order valence-corrected chi connectivity index (χ4v) is 1.37. The van der Waals surface area contributed by atoms with Crippen LogP contribution in [-0.2, 0) is 11.5 Å².